The van der Waals surface area contributed by atoms with Gasteiger partial charge in [0.25, 0.3) is 21.2 Å². The Morgan fingerprint density at radius 1 is 0.800 bits per heavy atom. The van der Waals surface area contributed by atoms with Gasteiger partial charge in [-0.15, -0.1) is 0 Å². The zero-order chi connectivity index (χ0) is 10.3. The van der Waals surface area contributed by atoms with E-state index in [-0.39, 0.29) is 8.07 Å². The van der Waals surface area contributed by atoms with Crippen LogP contribution in [0.2, 0.25) is 0 Å². The fourth-order valence-corrected chi connectivity index (χ4v) is 4.99. The van der Waals surface area contributed by atoms with Crippen LogP contribution in [0.3, 0.4) is 0 Å². The first-order chi connectivity index (χ1) is 7.36. The third-order valence-corrected chi connectivity index (χ3v) is 6.60. The molecule has 0 aliphatic carbocycles. The second kappa shape index (κ2) is 3.72. The zero-order valence-electron chi connectivity index (χ0n) is 7.81. The van der Waals surface area contributed by atoms with E-state index < -0.39 is 0 Å². The first-order valence-electron chi connectivity index (χ1n) is 4.63. The van der Waals surface area contributed by atoms with Gasteiger partial charge in [-0.1, -0.05) is 24.3 Å². The highest BCUT2D eigenvalue weighted by atomic mass is 127. The summed E-state index contributed by atoms with van der Waals surface area (Å²) in [7, 11) is 0.105. The molecule has 1 aliphatic heterocycles. The van der Waals surface area contributed by atoms with Gasteiger partial charge >= 0.3 is 0 Å². The van der Waals surface area contributed by atoms with Crippen molar-refractivity contribution in [3.63, 3.8) is 0 Å². The summed E-state index contributed by atoms with van der Waals surface area (Å²) in [5.74, 6) is 1.99. The molecule has 15 heavy (non-hydrogen) atoms. The van der Waals surface area contributed by atoms with Crippen LogP contribution in [0, 0.1) is 0 Å². The van der Waals surface area contributed by atoms with Crippen LogP contribution in [0.25, 0.3) is 0 Å². The van der Waals surface area contributed by atoms with Gasteiger partial charge in [-0.2, -0.15) is 0 Å². The zero-order valence-corrected chi connectivity index (χ0v) is 10.8. The van der Waals surface area contributed by atoms with E-state index in [4.69, 9.17) is 4.74 Å². The Bertz CT molecular complexity index is 467. The first kappa shape index (κ1) is 9.54. The van der Waals surface area contributed by atoms with Crippen LogP contribution in [0.15, 0.2) is 58.3 Å². The maximum atomic E-state index is 5.85. The summed E-state index contributed by atoms with van der Waals surface area (Å²) in [4.78, 5) is 2.58. The van der Waals surface area contributed by atoms with E-state index in [0.29, 0.717) is 0 Å². The van der Waals surface area contributed by atoms with Crippen LogP contribution in [-0.4, -0.2) is 0 Å². The molecule has 2 aromatic rings. The molecule has 3 heteroatoms. The molecule has 1 nitrogen and oxygen atoms in total. The number of rotatable bonds is 0. The Morgan fingerprint density at radius 2 is 1.27 bits per heavy atom. The quantitative estimate of drug-likeness (QED) is 0.521. The van der Waals surface area contributed by atoms with E-state index in [1.54, 1.807) is 0 Å². The molecule has 0 spiro atoms. The van der Waals surface area contributed by atoms with E-state index in [1.165, 1.54) is 9.79 Å². The summed E-state index contributed by atoms with van der Waals surface area (Å²) in [6.07, 6.45) is 0. The number of para-hydroxylation sites is 2. The third-order valence-electron chi connectivity index (χ3n) is 2.30. The summed E-state index contributed by atoms with van der Waals surface area (Å²) < 4.78 is 5.85. The Balaban J connectivity index is 2.20. The van der Waals surface area contributed by atoms with Crippen LogP contribution >= 0.6 is 21.2 Å². The van der Waals surface area contributed by atoms with Crippen molar-refractivity contribution in [1.82, 2.24) is 0 Å². The van der Waals surface area contributed by atoms with Crippen LogP contribution in [0.5, 0.6) is 11.5 Å². The van der Waals surface area contributed by atoms with E-state index in [9.17, 15) is 0 Å². The van der Waals surface area contributed by atoms with Crippen molar-refractivity contribution in [3.05, 3.63) is 48.5 Å². The van der Waals surface area contributed by atoms with Crippen molar-refractivity contribution in [2.24, 2.45) is 0 Å². The molecule has 0 aromatic heterocycles. The van der Waals surface area contributed by atoms with Gasteiger partial charge in [0.15, 0.2) is 11.5 Å². The van der Waals surface area contributed by atoms with E-state index in [2.05, 4.69) is 45.5 Å². The molecular weight excluding hydrogens is 319 g/mol. The van der Waals surface area contributed by atoms with Crippen molar-refractivity contribution in [2.75, 3.05) is 0 Å². The summed E-state index contributed by atoms with van der Waals surface area (Å²) in [6, 6.07) is 16.5. The van der Waals surface area contributed by atoms with Gasteiger partial charge in [0, 0.05) is 0 Å². The summed E-state index contributed by atoms with van der Waals surface area (Å²) >= 11 is 2.49. The lowest BCUT2D eigenvalue weighted by molar-refractivity contribution is 0.454. The molecule has 74 valence electrons. The van der Waals surface area contributed by atoms with Crippen molar-refractivity contribution >= 4 is 29.3 Å². The highest BCUT2D eigenvalue weighted by Gasteiger charge is 2.34. The second-order valence-corrected chi connectivity index (χ2v) is 7.29. The van der Waals surface area contributed by atoms with E-state index >= 15 is 0 Å². The first-order valence-corrected chi connectivity index (χ1v) is 8.39. The molecule has 0 saturated heterocycles. The van der Waals surface area contributed by atoms with Crippen LogP contribution in [0.4, 0.5) is 0 Å². The predicted octanol–water partition coefficient (Wildman–Crippen LogP) is 4.18. The minimum absolute atomic E-state index is 0.105. The Hall–Kier alpha value is -0.680. The maximum absolute atomic E-state index is 5.85. The number of ether oxygens (including phenoxy) is 1. The van der Waals surface area contributed by atoms with Gasteiger partial charge in [0.05, 0.1) is 0 Å². The third kappa shape index (κ3) is 1.54. The molecule has 0 N–H and O–H groups in total. The molecule has 0 bridgehead atoms. The molecule has 2 aromatic carbocycles. The monoisotopic (exact) mass is 327 g/mol. The average molecular weight is 327 g/mol. The summed E-state index contributed by atoms with van der Waals surface area (Å²) in [6.45, 7) is 0. The Labute approximate surface area is 103 Å². The molecule has 3 rings (SSSR count). The van der Waals surface area contributed by atoms with Crippen LogP contribution < -0.4 is 4.74 Å². The highest BCUT2D eigenvalue weighted by molar-refractivity contribution is 14.2. The van der Waals surface area contributed by atoms with Crippen molar-refractivity contribution < 1.29 is 4.74 Å². The normalized spacial score (nSPS) is 13.9. The minimum atomic E-state index is 0.105. The molecule has 0 saturated carbocycles. The highest BCUT2D eigenvalue weighted by Crippen LogP contribution is 2.46. The Kier molecular flexibility index (Phi) is 2.36. The van der Waals surface area contributed by atoms with E-state index in [0.717, 1.165) is 11.5 Å². The smallest absolute Gasteiger partial charge is 0.264 e. The lowest BCUT2D eigenvalue weighted by Crippen LogP contribution is -2.05. The maximum Gasteiger partial charge on any atom is 0.264 e. The molecule has 0 radical (unpaired) electrons. The fourth-order valence-electron chi connectivity index (χ4n) is 1.60. The number of benzene rings is 2. The number of halogens is 1. The topological polar surface area (TPSA) is 9.23 Å². The summed E-state index contributed by atoms with van der Waals surface area (Å²) in [5.41, 5.74) is 0. The molecule has 0 atom stereocenters. The second-order valence-electron chi connectivity index (χ2n) is 3.25. The Morgan fingerprint density at radius 3 is 1.80 bits per heavy atom. The van der Waals surface area contributed by atoms with Crippen molar-refractivity contribution in [1.29, 1.82) is 0 Å². The van der Waals surface area contributed by atoms with Gasteiger partial charge in [0.1, 0.15) is 8.07 Å². The SMILES string of the molecule is I[S+]1c2ccccc2Oc2ccccc21. The molecule has 1 heterocycles. The standard InChI is InChI=1S/C12H8IOS/c13-15-11-7-3-1-5-9(11)14-10-6-2-4-8-12(10)15/h1-8H/q+1. The number of hydrogen-bond donors (Lipinski definition) is 0. The predicted molar refractivity (Wildman–Crippen MR) is 70.9 cm³/mol. The van der Waals surface area contributed by atoms with Gasteiger partial charge in [-0.05, 0) is 24.3 Å². The molecule has 1 aliphatic rings. The molecule has 0 fully saturated rings. The van der Waals surface area contributed by atoms with E-state index in [1.807, 2.05) is 24.3 Å². The van der Waals surface area contributed by atoms with Gasteiger partial charge in [-0.25, -0.2) is 0 Å². The van der Waals surface area contributed by atoms with Crippen LogP contribution in [-0.2, 0) is 8.07 Å². The average Bonchev–Trinajstić information content (AvgIpc) is 2.30. The lowest BCUT2D eigenvalue weighted by Gasteiger charge is -2.15. The van der Waals surface area contributed by atoms with Crippen LogP contribution in [0.1, 0.15) is 0 Å². The molecule has 0 amide bonds. The number of fused-ring (bicyclic) bond motifs is 2. The van der Waals surface area contributed by atoms with Gasteiger partial charge in [0.2, 0.25) is 9.79 Å². The summed E-state index contributed by atoms with van der Waals surface area (Å²) in [5, 5.41) is 0. The lowest BCUT2D eigenvalue weighted by atomic mass is 10.3. The fraction of sp³-hybridized carbons (Fsp3) is 0. The molecule has 0 unspecified atom stereocenters. The van der Waals surface area contributed by atoms with Crippen molar-refractivity contribution in [3.8, 4) is 11.5 Å². The molecular formula is C12H8IOS+. The minimum Gasteiger partial charge on any atom is -0.447 e. The largest absolute Gasteiger partial charge is 0.447 e. The number of hydrogen-bond acceptors (Lipinski definition) is 1. The van der Waals surface area contributed by atoms with Gasteiger partial charge < -0.3 is 4.74 Å². The van der Waals surface area contributed by atoms with Crippen molar-refractivity contribution in [2.45, 2.75) is 9.79 Å². The van der Waals surface area contributed by atoms with Gasteiger partial charge in [-0.3, -0.25) is 0 Å².